The Balaban J connectivity index is 1.67. The molecular formula is C20H23N3O4S. The van der Waals surface area contributed by atoms with Crippen molar-refractivity contribution in [2.24, 2.45) is 0 Å². The SMILES string of the molecule is CC(C)(C)c1cc(NC(=O)c2cc3ccccc3o2)n(C2CCS(=O)(=O)C2)n1. The lowest BCUT2D eigenvalue weighted by Crippen LogP contribution is -2.20. The quantitative estimate of drug-likeness (QED) is 0.724. The monoisotopic (exact) mass is 401 g/mol. The van der Waals surface area contributed by atoms with Gasteiger partial charge in [0.1, 0.15) is 11.4 Å². The second-order valence-electron chi connectivity index (χ2n) is 8.27. The fourth-order valence-corrected chi connectivity index (χ4v) is 5.06. The van der Waals surface area contributed by atoms with E-state index in [-0.39, 0.29) is 28.7 Å². The first-order valence-electron chi connectivity index (χ1n) is 9.23. The highest BCUT2D eigenvalue weighted by molar-refractivity contribution is 7.91. The van der Waals surface area contributed by atoms with E-state index in [4.69, 9.17) is 4.42 Å². The molecule has 1 fully saturated rings. The molecule has 1 saturated heterocycles. The molecule has 1 aliphatic heterocycles. The molecule has 0 aliphatic carbocycles. The number of anilines is 1. The molecule has 8 heteroatoms. The maximum Gasteiger partial charge on any atom is 0.292 e. The van der Waals surface area contributed by atoms with Crippen molar-refractivity contribution in [2.45, 2.75) is 38.6 Å². The Kier molecular flexibility index (Phi) is 4.33. The number of hydrogen-bond acceptors (Lipinski definition) is 5. The van der Waals surface area contributed by atoms with Crippen LogP contribution in [0.15, 0.2) is 40.8 Å². The summed E-state index contributed by atoms with van der Waals surface area (Å²) < 4.78 is 31.1. The summed E-state index contributed by atoms with van der Waals surface area (Å²) in [5, 5.41) is 8.33. The van der Waals surface area contributed by atoms with E-state index in [0.29, 0.717) is 17.8 Å². The fourth-order valence-electron chi connectivity index (χ4n) is 3.37. The van der Waals surface area contributed by atoms with E-state index in [9.17, 15) is 13.2 Å². The van der Waals surface area contributed by atoms with Crippen LogP contribution in [0, 0.1) is 0 Å². The van der Waals surface area contributed by atoms with E-state index in [0.717, 1.165) is 11.1 Å². The molecule has 1 amide bonds. The Hall–Kier alpha value is -2.61. The number of amides is 1. The number of furan rings is 1. The standard InChI is InChI=1S/C20H23N3O4S/c1-20(2,3)17-11-18(23(22-17)14-8-9-28(25,26)12-14)21-19(24)16-10-13-6-4-5-7-15(13)27-16/h4-7,10-11,14H,8-9,12H2,1-3H3,(H,21,24). The van der Waals surface area contributed by atoms with Gasteiger partial charge in [-0.2, -0.15) is 5.10 Å². The van der Waals surface area contributed by atoms with Gasteiger partial charge in [0.2, 0.25) is 0 Å². The third-order valence-electron chi connectivity index (χ3n) is 4.95. The highest BCUT2D eigenvalue weighted by atomic mass is 32.2. The van der Waals surface area contributed by atoms with Crippen molar-refractivity contribution in [1.82, 2.24) is 9.78 Å². The van der Waals surface area contributed by atoms with Gasteiger partial charge in [-0.15, -0.1) is 0 Å². The first-order valence-corrected chi connectivity index (χ1v) is 11.0. The first-order chi connectivity index (χ1) is 13.1. The highest BCUT2D eigenvalue weighted by Crippen LogP contribution is 2.31. The van der Waals surface area contributed by atoms with Crippen molar-refractivity contribution >= 4 is 32.5 Å². The van der Waals surface area contributed by atoms with Crippen LogP contribution in [0.3, 0.4) is 0 Å². The van der Waals surface area contributed by atoms with Gasteiger partial charge in [-0.1, -0.05) is 39.0 Å². The van der Waals surface area contributed by atoms with E-state index in [1.807, 2.05) is 45.0 Å². The summed E-state index contributed by atoms with van der Waals surface area (Å²) in [6.07, 6.45) is 0.487. The normalized spacial score (nSPS) is 19.2. The molecule has 0 bridgehead atoms. The van der Waals surface area contributed by atoms with E-state index in [1.165, 1.54) is 0 Å². The Morgan fingerprint density at radius 3 is 2.64 bits per heavy atom. The zero-order chi connectivity index (χ0) is 20.1. The summed E-state index contributed by atoms with van der Waals surface area (Å²) in [7, 11) is -3.08. The first kappa shape index (κ1) is 18.7. The number of para-hydroxylation sites is 1. The van der Waals surface area contributed by atoms with Crippen molar-refractivity contribution in [2.75, 3.05) is 16.8 Å². The van der Waals surface area contributed by atoms with Crippen molar-refractivity contribution in [3.05, 3.63) is 47.9 Å². The van der Waals surface area contributed by atoms with Crippen LogP contribution >= 0.6 is 0 Å². The number of rotatable bonds is 3. The van der Waals surface area contributed by atoms with Gasteiger partial charge < -0.3 is 9.73 Å². The second-order valence-corrected chi connectivity index (χ2v) is 10.5. The lowest BCUT2D eigenvalue weighted by molar-refractivity contribution is 0.0997. The van der Waals surface area contributed by atoms with Gasteiger partial charge in [0.25, 0.3) is 5.91 Å². The Morgan fingerprint density at radius 1 is 1.25 bits per heavy atom. The highest BCUT2D eigenvalue weighted by Gasteiger charge is 2.33. The lowest BCUT2D eigenvalue weighted by Gasteiger charge is -2.15. The van der Waals surface area contributed by atoms with Gasteiger partial charge in [-0.3, -0.25) is 4.79 Å². The van der Waals surface area contributed by atoms with E-state index in [2.05, 4.69) is 10.4 Å². The predicted octanol–water partition coefficient (Wildman–Crippen LogP) is 3.54. The topological polar surface area (TPSA) is 94.2 Å². The minimum Gasteiger partial charge on any atom is -0.451 e. The average Bonchev–Trinajstić information content (AvgIpc) is 3.30. The van der Waals surface area contributed by atoms with Crippen LogP contribution in [0.25, 0.3) is 11.0 Å². The Bertz CT molecular complexity index is 1120. The van der Waals surface area contributed by atoms with E-state index < -0.39 is 15.7 Å². The summed E-state index contributed by atoms with van der Waals surface area (Å²) >= 11 is 0. The third-order valence-corrected chi connectivity index (χ3v) is 6.70. The summed E-state index contributed by atoms with van der Waals surface area (Å²) in [5.74, 6) is 0.465. The molecule has 1 aromatic carbocycles. The molecule has 28 heavy (non-hydrogen) atoms. The zero-order valence-corrected chi connectivity index (χ0v) is 16.9. The van der Waals surface area contributed by atoms with Gasteiger partial charge >= 0.3 is 0 Å². The van der Waals surface area contributed by atoms with Crippen molar-refractivity contribution in [1.29, 1.82) is 0 Å². The Labute approximate surface area is 163 Å². The number of carbonyl (C=O) groups is 1. The third kappa shape index (κ3) is 3.56. The molecule has 1 N–H and O–H groups in total. The summed E-state index contributed by atoms with van der Waals surface area (Å²) in [4.78, 5) is 12.8. The molecule has 0 saturated carbocycles. The van der Waals surface area contributed by atoms with Gasteiger partial charge in [-0.25, -0.2) is 13.1 Å². The number of nitrogens with one attached hydrogen (secondary N) is 1. The summed E-state index contributed by atoms with van der Waals surface area (Å²) in [5.41, 5.74) is 1.19. The minimum atomic E-state index is -3.08. The summed E-state index contributed by atoms with van der Waals surface area (Å²) in [6.45, 7) is 6.07. The van der Waals surface area contributed by atoms with Crippen LogP contribution in [-0.4, -0.2) is 35.6 Å². The maximum absolute atomic E-state index is 12.8. The number of sulfone groups is 1. The van der Waals surface area contributed by atoms with Gasteiger partial charge in [0.15, 0.2) is 15.6 Å². The number of nitrogens with zero attached hydrogens (tertiary/aromatic N) is 2. The van der Waals surface area contributed by atoms with Crippen LogP contribution in [0.2, 0.25) is 0 Å². The smallest absolute Gasteiger partial charge is 0.292 e. The summed E-state index contributed by atoms with van der Waals surface area (Å²) in [6, 6.07) is 10.6. The lowest BCUT2D eigenvalue weighted by atomic mass is 9.92. The number of carbonyl (C=O) groups excluding carboxylic acids is 1. The molecule has 2 aromatic heterocycles. The molecular weight excluding hydrogens is 378 g/mol. The molecule has 148 valence electrons. The largest absolute Gasteiger partial charge is 0.451 e. The molecule has 0 spiro atoms. The number of hydrogen-bond donors (Lipinski definition) is 1. The maximum atomic E-state index is 12.8. The average molecular weight is 401 g/mol. The van der Waals surface area contributed by atoms with E-state index in [1.54, 1.807) is 16.8 Å². The number of fused-ring (bicyclic) bond motifs is 1. The fraction of sp³-hybridized carbons (Fsp3) is 0.400. The van der Waals surface area contributed by atoms with Crippen molar-refractivity contribution in [3.63, 3.8) is 0 Å². The van der Waals surface area contributed by atoms with Crippen molar-refractivity contribution in [3.8, 4) is 0 Å². The minimum absolute atomic E-state index is 0.0335. The molecule has 1 atom stereocenters. The molecule has 1 unspecified atom stereocenters. The van der Waals surface area contributed by atoms with E-state index >= 15 is 0 Å². The van der Waals surface area contributed by atoms with Gasteiger partial charge in [0, 0.05) is 16.9 Å². The van der Waals surface area contributed by atoms with Crippen LogP contribution in [0.4, 0.5) is 5.82 Å². The van der Waals surface area contributed by atoms with Gasteiger partial charge in [0.05, 0.1) is 23.2 Å². The van der Waals surface area contributed by atoms with Gasteiger partial charge in [-0.05, 0) is 18.6 Å². The molecule has 1 aliphatic rings. The Morgan fingerprint density at radius 2 is 2.00 bits per heavy atom. The van der Waals surface area contributed by atoms with Crippen LogP contribution in [-0.2, 0) is 15.3 Å². The molecule has 0 radical (unpaired) electrons. The zero-order valence-electron chi connectivity index (χ0n) is 16.1. The molecule has 4 rings (SSSR count). The van der Waals surface area contributed by atoms with Crippen LogP contribution in [0.1, 0.15) is 49.5 Å². The number of benzene rings is 1. The van der Waals surface area contributed by atoms with Crippen LogP contribution < -0.4 is 5.32 Å². The number of aromatic nitrogens is 2. The molecule has 7 nitrogen and oxygen atoms in total. The molecule has 3 heterocycles. The molecule has 3 aromatic rings. The van der Waals surface area contributed by atoms with Crippen LogP contribution in [0.5, 0.6) is 0 Å². The predicted molar refractivity (Wildman–Crippen MR) is 107 cm³/mol. The van der Waals surface area contributed by atoms with Crippen molar-refractivity contribution < 1.29 is 17.6 Å². The second kappa shape index (κ2) is 6.48.